The second kappa shape index (κ2) is 7.55. The number of phenols is 4. The third-order valence-electron chi connectivity index (χ3n) is 5.51. The molecular weight excluding hydrogens is 416 g/mol. The molecule has 0 bridgehead atoms. The molecule has 1 fully saturated rings. The highest BCUT2D eigenvalue weighted by Gasteiger charge is 2.43. The molecule has 8 N–H and O–H groups in total. The number of hydrogen-bond donors (Lipinski definition) is 8. The molecule has 1 aromatic heterocycles. The predicted molar refractivity (Wildman–Crippen MR) is 104 cm³/mol. The van der Waals surface area contributed by atoms with Crippen molar-refractivity contribution < 1.29 is 50.0 Å². The van der Waals surface area contributed by atoms with Crippen molar-refractivity contribution >= 4 is 21.9 Å². The standard InChI is InChI=1S/C20H20O11/c21-5-14-19(28)20(29)18(27)13(31-14)2-6-8(22)3-12-15(16(6)25)17(26)7-1-9(23)10(24)4-11(7)30-12/h1,3-4,13-14,18-25,27-29H,2,5H2/t13-,14+,18-,19+,20+/m0/s1. The van der Waals surface area contributed by atoms with Crippen LogP contribution in [0.2, 0.25) is 0 Å². The second-order valence-corrected chi connectivity index (χ2v) is 7.44. The van der Waals surface area contributed by atoms with Crippen LogP contribution in [0.3, 0.4) is 0 Å². The zero-order valence-corrected chi connectivity index (χ0v) is 15.8. The molecule has 166 valence electrons. The average molecular weight is 436 g/mol. The highest BCUT2D eigenvalue weighted by atomic mass is 16.5. The van der Waals surface area contributed by atoms with Gasteiger partial charge < -0.3 is 50.0 Å². The summed E-state index contributed by atoms with van der Waals surface area (Å²) < 4.78 is 10.9. The molecule has 3 aromatic rings. The highest BCUT2D eigenvalue weighted by Crippen LogP contribution is 2.39. The summed E-state index contributed by atoms with van der Waals surface area (Å²) in [6.45, 7) is -0.650. The van der Waals surface area contributed by atoms with Crippen LogP contribution in [0.1, 0.15) is 5.56 Å². The van der Waals surface area contributed by atoms with Crippen molar-refractivity contribution in [3.05, 3.63) is 34.0 Å². The zero-order chi connectivity index (χ0) is 22.6. The molecule has 2 aromatic carbocycles. The summed E-state index contributed by atoms with van der Waals surface area (Å²) in [6, 6.07) is 3.04. The van der Waals surface area contributed by atoms with Crippen LogP contribution in [0.5, 0.6) is 23.0 Å². The van der Waals surface area contributed by atoms with Crippen molar-refractivity contribution in [3.8, 4) is 23.0 Å². The quantitative estimate of drug-likeness (QED) is 0.188. The summed E-state index contributed by atoms with van der Waals surface area (Å²) in [6.07, 6.45) is -7.63. The van der Waals surface area contributed by atoms with Crippen LogP contribution in [-0.2, 0) is 11.2 Å². The minimum atomic E-state index is -1.65. The van der Waals surface area contributed by atoms with Gasteiger partial charge in [-0.2, -0.15) is 0 Å². The number of ether oxygens (including phenoxy) is 1. The maximum atomic E-state index is 12.9. The van der Waals surface area contributed by atoms with Crippen LogP contribution in [-0.4, -0.2) is 78.0 Å². The number of phenolic OH excluding ortho intramolecular Hbond substituents is 4. The molecule has 0 amide bonds. The monoisotopic (exact) mass is 436 g/mol. The topological polar surface area (TPSA) is 201 Å². The molecule has 1 aliphatic heterocycles. The van der Waals surface area contributed by atoms with E-state index in [0.717, 1.165) is 18.2 Å². The highest BCUT2D eigenvalue weighted by molar-refractivity contribution is 5.95. The minimum absolute atomic E-state index is 0.0896. The average Bonchev–Trinajstić information content (AvgIpc) is 2.72. The van der Waals surface area contributed by atoms with Crippen LogP contribution >= 0.6 is 0 Å². The normalized spacial score (nSPS) is 26.5. The summed E-state index contributed by atoms with van der Waals surface area (Å²) in [7, 11) is 0. The molecule has 0 radical (unpaired) electrons. The second-order valence-electron chi connectivity index (χ2n) is 7.44. The zero-order valence-electron chi connectivity index (χ0n) is 15.8. The fraction of sp³-hybridized carbons (Fsp3) is 0.350. The SMILES string of the molecule is O=c1c2cc(O)c(O)cc2oc2cc(O)c(C[C@@H]3O[C@H](CO)[C@@H](O)[C@H](O)[C@H]3O)c(O)c12. The van der Waals surface area contributed by atoms with Gasteiger partial charge in [0.1, 0.15) is 52.5 Å². The Morgan fingerprint density at radius 2 is 1.42 bits per heavy atom. The number of aromatic hydroxyl groups is 4. The van der Waals surface area contributed by atoms with Crippen molar-refractivity contribution in [3.63, 3.8) is 0 Å². The van der Waals surface area contributed by atoms with Crippen molar-refractivity contribution in [2.24, 2.45) is 0 Å². The largest absolute Gasteiger partial charge is 0.507 e. The molecular formula is C20H20O11. The molecule has 0 saturated carbocycles. The summed E-state index contributed by atoms with van der Waals surface area (Å²) in [5, 5.41) is 79.3. The number of aliphatic hydroxyl groups excluding tert-OH is 4. The Bertz CT molecular complexity index is 1220. The van der Waals surface area contributed by atoms with E-state index in [1.807, 2.05) is 0 Å². The van der Waals surface area contributed by atoms with E-state index in [4.69, 9.17) is 9.15 Å². The smallest absolute Gasteiger partial charge is 0.204 e. The lowest BCUT2D eigenvalue weighted by Crippen LogP contribution is -2.59. The van der Waals surface area contributed by atoms with Gasteiger partial charge in [0.25, 0.3) is 0 Å². The number of aliphatic hydroxyl groups is 4. The van der Waals surface area contributed by atoms with E-state index < -0.39 is 65.6 Å². The molecule has 2 heterocycles. The molecule has 1 aliphatic rings. The number of rotatable bonds is 3. The Hall–Kier alpha value is -3.09. The minimum Gasteiger partial charge on any atom is -0.507 e. The van der Waals surface area contributed by atoms with Crippen molar-refractivity contribution in [2.45, 2.75) is 36.9 Å². The number of benzene rings is 2. The predicted octanol–water partition coefficient (Wildman–Crippen LogP) is -0.847. The van der Waals surface area contributed by atoms with E-state index >= 15 is 0 Å². The van der Waals surface area contributed by atoms with Crippen LogP contribution in [0, 0.1) is 0 Å². The first-order chi connectivity index (χ1) is 14.6. The molecule has 1 saturated heterocycles. The molecule has 0 spiro atoms. The fourth-order valence-electron chi connectivity index (χ4n) is 3.79. The molecule has 11 nitrogen and oxygen atoms in total. The lowest BCUT2D eigenvalue weighted by molar-refractivity contribution is -0.228. The van der Waals surface area contributed by atoms with Gasteiger partial charge in [-0.3, -0.25) is 4.79 Å². The molecule has 0 aliphatic carbocycles. The van der Waals surface area contributed by atoms with E-state index in [1.54, 1.807) is 0 Å². The molecule has 5 atom stereocenters. The van der Waals surface area contributed by atoms with Crippen molar-refractivity contribution in [1.29, 1.82) is 0 Å². The Morgan fingerprint density at radius 1 is 0.806 bits per heavy atom. The van der Waals surface area contributed by atoms with Crippen LogP contribution in [0.4, 0.5) is 0 Å². The third-order valence-corrected chi connectivity index (χ3v) is 5.51. The van der Waals surface area contributed by atoms with Gasteiger partial charge in [-0.1, -0.05) is 0 Å². The molecule has 11 heteroatoms. The number of hydrogen-bond acceptors (Lipinski definition) is 11. The van der Waals surface area contributed by atoms with Gasteiger partial charge in [-0.05, 0) is 6.07 Å². The van der Waals surface area contributed by atoms with Crippen molar-refractivity contribution in [2.75, 3.05) is 6.61 Å². The maximum Gasteiger partial charge on any atom is 0.204 e. The Balaban J connectivity index is 1.84. The lowest BCUT2D eigenvalue weighted by atomic mass is 9.90. The third kappa shape index (κ3) is 3.32. The van der Waals surface area contributed by atoms with E-state index in [9.17, 15) is 45.6 Å². The number of fused-ring (bicyclic) bond motifs is 2. The van der Waals surface area contributed by atoms with Gasteiger partial charge in [0.05, 0.1) is 18.1 Å². The van der Waals surface area contributed by atoms with Gasteiger partial charge in [-0.15, -0.1) is 0 Å². The molecule has 4 rings (SSSR count). The molecule has 31 heavy (non-hydrogen) atoms. The van der Waals surface area contributed by atoms with Gasteiger partial charge in [-0.25, -0.2) is 0 Å². The van der Waals surface area contributed by atoms with Gasteiger partial charge >= 0.3 is 0 Å². The van der Waals surface area contributed by atoms with Crippen LogP contribution in [0.15, 0.2) is 27.4 Å². The lowest BCUT2D eigenvalue weighted by Gasteiger charge is -2.40. The van der Waals surface area contributed by atoms with E-state index in [0.29, 0.717) is 0 Å². The van der Waals surface area contributed by atoms with Crippen LogP contribution in [0.25, 0.3) is 21.9 Å². The first-order valence-corrected chi connectivity index (χ1v) is 9.30. The van der Waals surface area contributed by atoms with Crippen LogP contribution < -0.4 is 5.43 Å². The summed E-state index contributed by atoms with van der Waals surface area (Å²) >= 11 is 0. The van der Waals surface area contributed by atoms with Gasteiger partial charge in [0.2, 0.25) is 5.43 Å². The molecule has 0 unspecified atom stereocenters. The maximum absolute atomic E-state index is 12.9. The van der Waals surface area contributed by atoms with E-state index in [1.165, 1.54) is 0 Å². The Labute approximate surface area is 173 Å². The van der Waals surface area contributed by atoms with Gasteiger partial charge in [0.15, 0.2) is 11.5 Å². The van der Waals surface area contributed by atoms with Crippen molar-refractivity contribution in [1.82, 2.24) is 0 Å². The summed E-state index contributed by atoms with van der Waals surface area (Å²) in [4.78, 5) is 12.9. The first kappa shape index (κ1) is 21.2. The Morgan fingerprint density at radius 3 is 2.10 bits per heavy atom. The van der Waals surface area contributed by atoms with E-state index in [-0.39, 0.29) is 33.9 Å². The summed E-state index contributed by atoms with van der Waals surface area (Å²) in [5.74, 6) is -2.27. The Kier molecular flexibility index (Phi) is 5.15. The summed E-state index contributed by atoms with van der Waals surface area (Å²) in [5.41, 5.74) is -1.24. The fourth-order valence-corrected chi connectivity index (χ4v) is 3.79. The first-order valence-electron chi connectivity index (χ1n) is 9.30. The van der Waals surface area contributed by atoms with Gasteiger partial charge in [0, 0.05) is 24.1 Å². The van der Waals surface area contributed by atoms with E-state index in [2.05, 4.69) is 0 Å².